The summed E-state index contributed by atoms with van der Waals surface area (Å²) in [5.41, 5.74) is 6.33. The fraction of sp³-hybridized carbons (Fsp3) is 0.444. The molecular formula is C54H61N3O11. The number of hydrogen-bond donors (Lipinski definition) is 2. The minimum Gasteiger partial charge on any atom is -0.459 e. The molecule has 68 heavy (non-hydrogen) atoms. The van der Waals surface area contributed by atoms with Crippen LogP contribution in [0, 0.1) is 47.6 Å². The summed E-state index contributed by atoms with van der Waals surface area (Å²) in [7, 11) is 0. The molecule has 5 aliphatic rings. The normalized spacial score (nSPS) is 23.7. The van der Waals surface area contributed by atoms with Gasteiger partial charge in [-0.15, -0.1) is 6.58 Å². The van der Waals surface area contributed by atoms with Crippen LogP contribution >= 0.6 is 0 Å². The fourth-order valence-corrected chi connectivity index (χ4v) is 10.7. The van der Waals surface area contributed by atoms with Crippen LogP contribution in [0.2, 0.25) is 0 Å². The molecule has 0 spiro atoms. The molecule has 14 heteroatoms. The zero-order valence-electron chi connectivity index (χ0n) is 38.8. The molecule has 2 saturated carbocycles. The highest BCUT2D eigenvalue weighted by molar-refractivity contribution is 6.03. The van der Waals surface area contributed by atoms with E-state index in [1.165, 1.54) is 17.7 Å². The van der Waals surface area contributed by atoms with Gasteiger partial charge in [0.05, 0.1) is 23.2 Å². The van der Waals surface area contributed by atoms with Crippen LogP contribution in [-0.2, 0) is 27.5 Å². The highest BCUT2D eigenvalue weighted by Gasteiger charge is 2.66. The van der Waals surface area contributed by atoms with Crippen LogP contribution < -0.4 is 18.9 Å². The first-order chi connectivity index (χ1) is 33.1. The lowest BCUT2D eigenvalue weighted by atomic mass is 9.55. The average molecular weight is 928 g/mol. The lowest BCUT2D eigenvalue weighted by molar-refractivity contribution is -0.384. The molecule has 358 valence electrons. The largest absolute Gasteiger partial charge is 0.459 e. The quantitative estimate of drug-likeness (QED) is 0.0353. The summed E-state index contributed by atoms with van der Waals surface area (Å²) in [4.78, 5) is 34.2. The number of nitrogens with zero attached hydrogens (tertiary/aromatic N) is 3. The highest BCUT2D eigenvalue weighted by Crippen LogP contribution is 2.62. The summed E-state index contributed by atoms with van der Waals surface area (Å²) < 4.78 is 32.8. The first-order valence-corrected chi connectivity index (χ1v) is 24.0. The van der Waals surface area contributed by atoms with E-state index in [0.717, 1.165) is 60.8 Å². The topological polar surface area (TPSA) is 172 Å². The second-order valence-electron chi connectivity index (χ2n) is 18.7. The summed E-state index contributed by atoms with van der Waals surface area (Å²) >= 11 is 0. The number of allylic oxidation sites excluding steroid dienone is 1. The molecule has 0 radical (unpaired) electrons. The van der Waals surface area contributed by atoms with Crippen LogP contribution in [0.4, 0.5) is 5.69 Å². The van der Waals surface area contributed by atoms with Gasteiger partial charge in [-0.2, -0.15) is 0 Å². The van der Waals surface area contributed by atoms with Gasteiger partial charge in [0.25, 0.3) is 5.69 Å². The molecule has 0 unspecified atom stereocenters. The van der Waals surface area contributed by atoms with E-state index in [1.807, 2.05) is 47.4 Å². The number of nitro benzene ring substituents is 1. The number of aryl methyl sites for hydroxylation is 2. The van der Waals surface area contributed by atoms with Gasteiger partial charge in [0.15, 0.2) is 11.5 Å². The molecular weight excluding hydrogens is 867 g/mol. The summed E-state index contributed by atoms with van der Waals surface area (Å²) in [5.74, 6) is 0.905. The van der Waals surface area contributed by atoms with Gasteiger partial charge in [0.1, 0.15) is 29.9 Å². The van der Waals surface area contributed by atoms with Crippen LogP contribution in [0.25, 0.3) is 0 Å². The SMILES string of the molecule is C=CCO[C@@]12Oc3ccc(Oc4ccc(C)c(C)c4)cc3[C@H]3[C@H](CCCCO)[C@@H](CCCCO)C=C(C(=NOCc4ccc([N+](=O)[O-])cc4)C[C@@H]1N(Cc1ccc4c(c1)OCO4)C(=O)C1CC1)[C@H]32. The Hall–Kier alpha value is -6.22. The van der Waals surface area contributed by atoms with E-state index < -0.39 is 22.7 Å². The Morgan fingerprint density at radius 3 is 2.35 bits per heavy atom. The van der Waals surface area contributed by atoms with Crippen molar-refractivity contribution in [2.75, 3.05) is 26.6 Å². The number of aliphatic hydroxyl groups is 2. The van der Waals surface area contributed by atoms with E-state index in [1.54, 1.807) is 18.2 Å². The predicted molar refractivity (Wildman–Crippen MR) is 255 cm³/mol. The van der Waals surface area contributed by atoms with Crippen LogP contribution in [0.5, 0.6) is 28.7 Å². The molecule has 9 rings (SSSR count). The van der Waals surface area contributed by atoms with Crippen LogP contribution in [0.3, 0.4) is 0 Å². The van der Waals surface area contributed by atoms with Gasteiger partial charge in [-0.1, -0.05) is 42.3 Å². The number of ether oxygens (including phenoxy) is 5. The van der Waals surface area contributed by atoms with Crippen molar-refractivity contribution in [3.63, 3.8) is 0 Å². The standard InChI is InChI=1S/C54H61N3O11/c1-4-25-65-54-50(56(53(60)38-15-16-38)31-37-14-21-48-49(27-37)64-33-63-48)30-46(55-66-32-36-12-17-40(18-13-36)57(61)62)44-28-39(9-5-7-23-58)43(10-6-8-24-59)51(52(44)54)45-29-42(20-22-47(45)68-54)67-41-19-11-34(2)35(3)26-41/h4,11-14,17-22,26-29,38-39,43,50-52,58-59H,1,5-10,15-16,23-25,30-33H2,2-3H3/t39-,43+,50-,51+,52+,54+/m0/s1. The van der Waals surface area contributed by atoms with Gasteiger partial charge in [-0.3, -0.25) is 14.9 Å². The zero-order valence-corrected chi connectivity index (χ0v) is 38.8. The van der Waals surface area contributed by atoms with Gasteiger partial charge in [0, 0.05) is 55.7 Å². The summed E-state index contributed by atoms with van der Waals surface area (Å²) in [6.45, 7) is 8.89. The van der Waals surface area contributed by atoms with Gasteiger partial charge in [0.2, 0.25) is 18.5 Å². The molecule has 0 aromatic heterocycles. The van der Waals surface area contributed by atoms with Gasteiger partial charge < -0.3 is 43.6 Å². The van der Waals surface area contributed by atoms with Crippen LogP contribution in [-0.4, -0.2) is 70.1 Å². The first kappa shape index (κ1) is 46.9. The number of aliphatic hydroxyl groups excluding tert-OH is 2. The zero-order chi connectivity index (χ0) is 47.4. The Morgan fingerprint density at radius 2 is 1.62 bits per heavy atom. The van der Waals surface area contributed by atoms with E-state index in [0.29, 0.717) is 52.9 Å². The van der Waals surface area contributed by atoms with Crippen molar-refractivity contribution in [3.8, 4) is 28.7 Å². The van der Waals surface area contributed by atoms with E-state index in [4.69, 9.17) is 33.7 Å². The van der Waals surface area contributed by atoms with Gasteiger partial charge in [-0.05, 0) is 147 Å². The van der Waals surface area contributed by atoms with E-state index in [2.05, 4.69) is 38.6 Å². The van der Waals surface area contributed by atoms with E-state index >= 15 is 4.79 Å². The fourth-order valence-electron chi connectivity index (χ4n) is 10.7. The third-order valence-electron chi connectivity index (χ3n) is 14.3. The number of non-ortho nitro benzene ring substituents is 1. The molecule has 4 aromatic rings. The number of rotatable bonds is 21. The Labute approximate surface area is 397 Å². The third kappa shape index (κ3) is 9.72. The number of unbranched alkanes of at least 4 members (excludes halogenated alkanes) is 2. The minimum absolute atomic E-state index is 0.00639. The van der Waals surface area contributed by atoms with Crippen molar-refractivity contribution in [1.29, 1.82) is 0 Å². The number of benzene rings is 4. The van der Waals surface area contributed by atoms with E-state index in [-0.39, 0.29) is 81.5 Å². The van der Waals surface area contributed by atoms with E-state index in [9.17, 15) is 20.3 Å². The molecule has 3 aliphatic carbocycles. The second-order valence-corrected chi connectivity index (χ2v) is 18.7. The number of hydrogen-bond acceptors (Lipinski definition) is 12. The smallest absolute Gasteiger partial charge is 0.269 e. The van der Waals surface area contributed by atoms with Gasteiger partial charge in [-0.25, -0.2) is 0 Å². The molecule has 6 atom stereocenters. The molecule has 4 aromatic carbocycles. The lowest BCUT2D eigenvalue weighted by Crippen LogP contribution is -2.70. The minimum atomic E-state index is -1.45. The first-order valence-electron chi connectivity index (χ1n) is 24.0. The molecule has 0 saturated heterocycles. The van der Waals surface area contributed by atoms with Crippen molar-refractivity contribution in [2.24, 2.45) is 28.8 Å². The van der Waals surface area contributed by atoms with Crippen LogP contribution in [0.1, 0.15) is 91.5 Å². The Morgan fingerprint density at radius 1 is 0.897 bits per heavy atom. The lowest BCUT2D eigenvalue weighted by Gasteiger charge is -2.60. The summed E-state index contributed by atoms with van der Waals surface area (Å²) in [6.07, 6.45) is 10.2. The maximum Gasteiger partial charge on any atom is 0.269 e. The molecule has 2 aliphatic heterocycles. The number of nitro groups is 1. The Kier molecular flexibility index (Phi) is 14.2. The molecule has 2 N–H and O–H groups in total. The maximum absolute atomic E-state index is 15.1. The highest BCUT2D eigenvalue weighted by atomic mass is 16.7. The number of fused-ring (bicyclic) bond motifs is 3. The van der Waals surface area contributed by atoms with Gasteiger partial charge >= 0.3 is 0 Å². The number of carbonyl (C=O) groups excluding carboxylic acids is 1. The maximum atomic E-state index is 15.1. The average Bonchev–Trinajstić information content (AvgIpc) is 4.09. The number of carbonyl (C=O) groups is 1. The van der Waals surface area contributed by atoms with Crippen molar-refractivity contribution in [3.05, 3.63) is 141 Å². The molecule has 14 nitrogen and oxygen atoms in total. The van der Waals surface area contributed by atoms with Crippen molar-refractivity contribution in [2.45, 2.75) is 103 Å². The molecule has 2 heterocycles. The van der Waals surface area contributed by atoms with Crippen molar-refractivity contribution >= 4 is 17.3 Å². The van der Waals surface area contributed by atoms with Crippen molar-refractivity contribution < 1.29 is 48.5 Å². The summed E-state index contributed by atoms with van der Waals surface area (Å²) in [6, 6.07) is 23.3. The molecule has 2 fully saturated rings. The Bertz CT molecular complexity index is 2560. The molecule has 0 bridgehead atoms. The third-order valence-corrected chi connectivity index (χ3v) is 14.3. The predicted octanol–water partition coefficient (Wildman–Crippen LogP) is 10.0. The van der Waals surface area contributed by atoms with Crippen molar-refractivity contribution in [1.82, 2.24) is 4.90 Å². The Balaban J connectivity index is 1.22. The monoisotopic (exact) mass is 927 g/mol. The van der Waals surface area contributed by atoms with Crippen LogP contribution in [0.15, 0.2) is 108 Å². The number of amides is 1. The second kappa shape index (κ2) is 20.6. The molecule has 1 amide bonds. The summed E-state index contributed by atoms with van der Waals surface area (Å²) in [5, 5.41) is 36.5. The number of oxime groups is 1.